The number of oxazole rings is 1. The van der Waals surface area contributed by atoms with Crippen molar-refractivity contribution >= 4 is 5.91 Å². The van der Waals surface area contributed by atoms with Crippen LogP contribution in [0.3, 0.4) is 0 Å². The van der Waals surface area contributed by atoms with E-state index in [1.54, 1.807) is 6.20 Å². The van der Waals surface area contributed by atoms with Crippen LogP contribution in [0, 0.1) is 5.92 Å². The molecule has 0 aliphatic carbocycles. The molecule has 1 amide bonds. The number of aliphatic hydroxyl groups excluding tert-OH is 1. The molecule has 1 saturated heterocycles. The zero-order chi connectivity index (χ0) is 16.1. The van der Waals surface area contributed by atoms with Gasteiger partial charge in [0.1, 0.15) is 0 Å². The van der Waals surface area contributed by atoms with Crippen molar-refractivity contribution < 1.29 is 14.3 Å². The van der Waals surface area contributed by atoms with Gasteiger partial charge in [0.25, 0.3) is 0 Å². The van der Waals surface area contributed by atoms with Gasteiger partial charge in [-0.2, -0.15) is 0 Å². The number of carbonyl (C=O) groups is 1. The first-order chi connectivity index (χ1) is 11.3. The van der Waals surface area contributed by atoms with Crippen LogP contribution in [0.25, 0.3) is 11.3 Å². The summed E-state index contributed by atoms with van der Waals surface area (Å²) in [7, 11) is 0. The largest absolute Gasteiger partial charge is 0.441 e. The van der Waals surface area contributed by atoms with Crippen LogP contribution in [0.2, 0.25) is 0 Å². The maximum absolute atomic E-state index is 12.3. The van der Waals surface area contributed by atoms with Crippen molar-refractivity contribution in [2.45, 2.75) is 25.7 Å². The van der Waals surface area contributed by atoms with Crippen LogP contribution in [-0.2, 0) is 11.2 Å². The molecule has 0 saturated carbocycles. The summed E-state index contributed by atoms with van der Waals surface area (Å²) >= 11 is 0. The Balaban J connectivity index is 1.54. The van der Waals surface area contributed by atoms with Crippen LogP contribution >= 0.6 is 0 Å². The zero-order valence-corrected chi connectivity index (χ0v) is 13.1. The zero-order valence-electron chi connectivity index (χ0n) is 13.1. The molecular formula is C18H22N2O3. The Hall–Kier alpha value is -2.14. The van der Waals surface area contributed by atoms with Crippen molar-refractivity contribution in [2.24, 2.45) is 5.92 Å². The highest BCUT2D eigenvalue weighted by Gasteiger charge is 2.23. The number of amides is 1. The Morgan fingerprint density at radius 2 is 2.17 bits per heavy atom. The summed E-state index contributed by atoms with van der Waals surface area (Å²) in [5.74, 6) is 1.65. The summed E-state index contributed by atoms with van der Waals surface area (Å²) in [4.78, 5) is 18.4. The van der Waals surface area contributed by atoms with E-state index in [-0.39, 0.29) is 18.4 Å². The number of hydrogen-bond acceptors (Lipinski definition) is 4. The predicted molar refractivity (Wildman–Crippen MR) is 86.6 cm³/mol. The minimum atomic E-state index is 0.114. The number of aryl methyl sites for hydroxylation is 1. The lowest BCUT2D eigenvalue weighted by Crippen LogP contribution is -2.41. The Morgan fingerprint density at radius 3 is 2.96 bits per heavy atom. The third-order valence-corrected chi connectivity index (χ3v) is 4.29. The fourth-order valence-corrected chi connectivity index (χ4v) is 2.97. The first-order valence-corrected chi connectivity index (χ1v) is 8.15. The first-order valence-electron chi connectivity index (χ1n) is 8.15. The minimum Gasteiger partial charge on any atom is -0.441 e. The molecular weight excluding hydrogens is 292 g/mol. The van der Waals surface area contributed by atoms with Gasteiger partial charge in [0.15, 0.2) is 11.7 Å². The highest BCUT2D eigenvalue weighted by atomic mass is 16.4. The van der Waals surface area contributed by atoms with E-state index in [0.29, 0.717) is 25.3 Å². The van der Waals surface area contributed by atoms with Gasteiger partial charge in [0.05, 0.1) is 6.20 Å². The fourth-order valence-electron chi connectivity index (χ4n) is 2.97. The van der Waals surface area contributed by atoms with Gasteiger partial charge in [0, 0.05) is 38.1 Å². The summed E-state index contributed by atoms with van der Waals surface area (Å²) in [6.45, 7) is 1.61. The Bertz CT molecular complexity index is 639. The topological polar surface area (TPSA) is 66.6 Å². The third-order valence-electron chi connectivity index (χ3n) is 4.29. The summed E-state index contributed by atoms with van der Waals surface area (Å²) in [5.41, 5.74) is 0.986. The van der Waals surface area contributed by atoms with E-state index in [1.165, 1.54) is 0 Å². The van der Waals surface area contributed by atoms with Crippen molar-refractivity contribution in [2.75, 3.05) is 19.7 Å². The molecule has 2 aromatic rings. The highest BCUT2D eigenvalue weighted by molar-refractivity contribution is 5.76. The second-order valence-corrected chi connectivity index (χ2v) is 6.01. The van der Waals surface area contributed by atoms with Gasteiger partial charge in [-0.05, 0) is 18.8 Å². The average molecular weight is 314 g/mol. The molecule has 122 valence electrons. The van der Waals surface area contributed by atoms with Crippen LogP contribution in [-0.4, -0.2) is 40.6 Å². The van der Waals surface area contributed by atoms with E-state index >= 15 is 0 Å². The number of carbonyl (C=O) groups excluding carboxylic acids is 1. The summed E-state index contributed by atoms with van der Waals surface area (Å²) in [6.07, 6.45) is 4.57. The molecule has 1 unspecified atom stereocenters. The van der Waals surface area contributed by atoms with Crippen LogP contribution in [0.1, 0.15) is 25.2 Å². The van der Waals surface area contributed by atoms with Gasteiger partial charge in [-0.15, -0.1) is 0 Å². The molecule has 1 aliphatic heterocycles. The van der Waals surface area contributed by atoms with Gasteiger partial charge in [-0.25, -0.2) is 4.98 Å². The second kappa shape index (κ2) is 7.42. The van der Waals surface area contributed by atoms with Gasteiger partial charge in [-0.1, -0.05) is 30.3 Å². The fraction of sp³-hybridized carbons (Fsp3) is 0.444. The first kappa shape index (κ1) is 15.7. The highest BCUT2D eigenvalue weighted by Crippen LogP contribution is 2.21. The van der Waals surface area contributed by atoms with E-state index < -0.39 is 0 Å². The number of aromatic nitrogens is 1. The molecule has 23 heavy (non-hydrogen) atoms. The summed E-state index contributed by atoms with van der Waals surface area (Å²) < 4.78 is 5.73. The number of hydrogen-bond donors (Lipinski definition) is 1. The monoisotopic (exact) mass is 314 g/mol. The lowest BCUT2D eigenvalue weighted by molar-refractivity contribution is -0.133. The molecule has 2 heterocycles. The molecule has 5 heteroatoms. The van der Waals surface area contributed by atoms with Gasteiger partial charge in [0.2, 0.25) is 5.91 Å². The van der Waals surface area contributed by atoms with E-state index in [4.69, 9.17) is 4.42 Å². The molecule has 5 nitrogen and oxygen atoms in total. The number of likely N-dealkylation sites (tertiary alicyclic amines) is 1. The van der Waals surface area contributed by atoms with Gasteiger partial charge < -0.3 is 14.4 Å². The van der Waals surface area contributed by atoms with Crippen molar-refractivity contribution in [1.29, 1.82) is 0 Å². The third kappa shape index (κ3) is 3.99. The number of aliphatic hydroxyl groups is 1. The average Bonchev–Trinajstić information content (AvgIpc) is 3.09. The molecule has 0 bridgehead atoms. The van der Waals surface area contributed by atoms with E-state index in [2.05, 4.69) is 4.98 Å². The van der Waals surface area contributed by atoms with Crippen molar-refractivity contribution in [3.05, 3.63) is 42.4 Å². The summed E-state index contributed by atoms with van der Waals surface area (Å²) in [6, 6.07) is 9.80. The van der Waals surface area contributed by atoms with Crippen molar-refractivity contribution in [1.82, 2.24) is 9.88 Å². The van der Waals surface area contributed by atoms with Gasteiger partial charge >= 0.3 is 0 Å². The molecule has 1 aromatic heterocycles. The molecule has 1 N–H and O–H groups in total. The SMILES string of the molecule is O=C(CCc1ncc(-c2ccccc2)o1)N1CCCC(CO)C1. The lowest BCUT2D eigenvalue weighted by atomic mass is 9.99. The molecule has 1 fully saturated rings. The van der Waals surface area contributed by atoms with Crippen LogP contribution in [0.5, 0.6) is 0 Å². The number of rotatable bonds is 5. The standard InChI is InChI=1S/C18H22N2O3/c21-13-14-5-4-10-20(12-14)18(22)9-8-17-19-11-16(23-17)15-6-2-1-3-7-15/h1-3,6-7,11,14,21H,4-5,8-10,12-13H2. The minimum absolute atomic E-state index is 0.114. The molecule has 1 aromatic carbocycles. The van der Waals surface area contributed by atoms with E-state index in [0.717, 1.165) is 30.7 Å². The van der Waals surface area contributed by atoms with Crippen molar-refractivity contribution in [3.63, 3.8) is 0 Å². The number of benzene rings is 1. The van der Waals surface area contributed by atoms with Crippen LogP contribution < -0.4 is 0 Å². The maximum atomic E-state index is 12.3. The molecule has 3 rings (SSSR count). The van der Waals surface area contributed by atoms with Crippen LogP contribution in [0.4, 0.5) is 0 Å². The molecule has 1 atom stereocenters. The molecule has 1 aliphatic rings. The van der Waals surface area contributed by atoms with E-state index in [9.17, 15) is 9.90 Å². The maximum Gasteiger partial charge on any atom is 0.223 e. The lowest BCUT2D eigenvalue weighted by Gasteiger charge is -2.31. The van der Waals surface area contributed by atoms with Gasteiger partial charge in [-0.3, -0.25) is 4.79 Å². The molecule has 0 spiro atoms. The predicted octanol–water partition coefficient (Wildman–Crippen LogP) is 2.51. The normalized spacial score (nSPS) is 18.1. The smallest absolute Gasteiger partial charge is 0.223 e. The number of nitrogens with zero attached hydrogens (tertiary/aromatic N) is 2. The number of piperidine rings is 1. The summed E-state index contributed by atoms with van der Waals surface area (Å²) in [5, 5.41) is 9.25. The Morgan fingerprint density at radius 1 is 1.35 bits per heavy atom. The van der Waals surface area contributed by atoms with Crippen molar-refractivity contribution in [3.8, 4) is 11.3 Å². The second-order valence-electron chi connectivity index (χ2n) is 6.01. The quantitative estimate of drug-likeness (QED) is 0.921. The Kier molecular flexibility index (Phi) is 5.08. The Labute approximate surface area is 135 Å². The molecule has 0 radical (unpaired) electrons. The van der Waals surface area contributed by atoms with E-state index in [1.807, 2.05) is 35.2 Å². The van der Waals surface area contributed by atoms with Crippen LogP contribution in [0.15, 0.2) is 40.9 Å².